The molecule has 4 rings (SSSR count). The lowest BCUT2D eigenvalue weighted by Gasteiger charge is -2.31. The van der Waals surface area contributed by atoms with Gasteiger partial charge in [0.1, 0.15) is 11.5 Å². The molecule has 1 aliphatic rings. The number of hydrogen-bond donors (Lipinski definition) is 3. The number of thiazole rings is 1. The van der Waals surface area contributed by atoms with E-state index < -0.39 is 5.91 Å². The van der Waals surface area contributed by atoms with E-state index in [-0.39, 0.29) is 11.8 Å². The summed E-state index contributed by atoms with van der Waals surface area (Å²) in [4.78, 5) is 41.6. The van der Waals surface area contributed by atoms with Crippen molar-refractivity contribution in [3.63, 3.8) is 0 Å². The minimum Gasteiger partial charge on any atom is -0.364 e. The summed E-state index contributed by atoms with van der Waals surface area (Å²) in [5, 5.41) is 5.28. The third kappa shape index (κ3) is 3.86. The Kier molecular flexibility index (Phi) is 5.02. The van der Waals surface area contributed by atoms with E-state index in [9.17, 15) is 9.59 Å². The molecular formula is C18H19N7O2S. The highest BCUT2D eigenvalue weighted by atomic mass is 32.1. The second kappa shape index (κ2) is 7.77. The van der Waals surface area contributed by atoms with Crippen LogP contribution in [-0.4, -0.2) is 44.8 Å². The molecule has 1 aliphatic heterocycles. The largest absolute Gasteiger partial charge is 0.364 e. The molecule has 0 aromatic carbocycles. The Labute approximate surface area is 165 Å². The van der Waals surface area contributed by atoms with Crippen LogP contribution >= 0.6 is 11.3 Å². The summed E-state index contributed by atoms with van der Waals surface area (Å²) in [5.74, 6) is 0.233. The van der Waals surface area contributed by atoms with Crippen molar-refractivity contribution in [2.45, 2.75) is 12.8 Å². The third-order valence-electron chi connectivity index (χ3n) is 4.72. The zero-order valence-electron chi connectivity index (χ0n) is 15.0. The summed E-state index contributed by atoms with van der Waals surface area (Å²) < 4.78 is 0. The summed E-state index contributed by atoms with van der Waals surface area (Å²) in [6.07, 6.45) is 8.23. The number of piperidine rings is 1. The summed E-state index contributed by atoms with van der Waals surface area (Å²) in [5.41, 5.74) is 7.01. The maximum Gasteiger partial charge on any atom is 0.265 e. The average Bonchev–Trinajstić information content (AvgIpc) is 3.38. The Balaban J connectivity index is 1.34. The third-order valence-corrected chi connectivity index (χ3v) is 5.48. The van der Waals surface area contributed by atoms with Gasteiger partial charge in [0, 0.05) is 48.5 Å². The molecule has 0 bridgehead atoms. The average molecular weight is 397 g/mol. The Hall–Kier alpha value is -3.27. The number of carbonyl (C=O) groups excluding carboxylic acids is 2. The number of hydrogen-bond acceptors (Lipinski definition) is 7. The monoisotopic (exact) mass is 397 g/mol. The van der Waals surface area contributed by atoms with Crippen molar-refractivity contribution in [3.8, 4) is 11.3 Å². The van der Waals surface area contributed by atoms with E-state index in [1.807, 2.05) is 5.38 Å². The molecule has 0 atom stereocenters. The van der Waals surface area contributed by atoms with Gasteiger partial charge in [-0.1, -0.05) is 0 Å². The van der Waals surface area contributed by atoms with Crippen molar-refractivity contribution in [2.24, 2.45) is 11.7 Å². The van der Waals surface area contributed by atoms with E-state index in [2.05, 4.69) is 30.2 Å². The molecule has 0 saturated carbocycles. The molecular weight excluding hydrogens is 378 g/mol. The van der Waals surface area contributed by atoms with E-state index in [1.54, 1.807) is 30.9 Å². The number of H-pyrrole nitrogens is 1. The van der Waals surface area contributed by atoms with Crippen LogP contribution in [0.3, 0.4) is 0 Å². The minimum atomic E-state index is -0.525. The van der Waals surface area contributed by atoms with Gasteiger partial charge in [-0.15, -0.1) is 11.3 Å². The van der Waals surface area contributed by atoms with Crippen molar-refractivity contribution in [2.75, 3.05) is 23.3 Å². The Morgan fingerprint density at radius 2 is 2.11 bits per heavy atom. The van der Waals surface area contributed by atoms with Crippen LogP contribution in [0.5, 0.6) is 0 Å². The maximum absolute atomic E-state index is 12.6. The van der Waals surface area contributed by atoms with Crippen molar-refractivity contribution >= 4 is 34.1 Å². The lowest BCUT2D eigenvalue weighted by Crippen LogP contribution is -2.38. The zero-order valence-corrected chi connectivity index (χ0v) is 15.8. The molecule has 0 radical (unpaired) electrons. The summed E-state index contributed by atoms with van der Waals surface area (Å²) in [7, 11) is 0. The number of rotatable bonds is 5. The van der Waals surface area contributed by atoms with Gasteiger partial charge in [-0.25, -0.2) is 9.97 Å². The summed E-state index contributed by atoms with van der Waals surface area (Å²) in [6.45, 7) is 1.53. The van der Waals surface area contributed by atoms with Crippen LogP contribution in [-0.2, 0) is 4.79 Å². The maximum atomic E-state index is 12.6. The standard InChI is InChI=1S/C18H19N7O2S/c19-16(26)13-7-12(8-22-13)14-10-28-18(23-14)24-17(27)11-1-5-25(6-2-11)15-9-20-3-4-21-15/h3-4,7-11,22H,1-2,5-6H2,(H2,19,26)(H,23,24,27). The summed E-state index contributed by atoms with van der Waals surface area (Å²) >= 11 is 1.35. The molecule has 3 aromatic heterocycles. The first kappa shape index (κ1) is 18.1. The van der Waals surface area contributed by atoms with Gasteiger partial charge in [0.05, 0.1) is 11.9 Å². The molecule has 4 heterocycles. The van der Waals surface area contributed by atoms with Crippen molar-refractivity contribution < 1.29 is 9.59 Å². The van der Waals surface area contributed by atoms with Gasteiger partial charge in [0.25, 0.3) is 5.91 Å². The van der Waals surface area contributed by atoms with Crippen molar-refractivity contribution in [1.29, 1.82) is 0 Å². The van der Waals surface area contributed by atoms with Crippen LogP contribution in [0, 0.1) is 5.92 Å². The molecule has 0 aliphatic carbocycles. The number of nitrogens with two attached hydrogens (primary N) is 1. The van der Waals surface area contributed by atoms with E-state index in [1.165, 1.54) is 11.3 Å². The highest BCUT2D eigenvalue weighted by molar-refractivity contribution is 7.14. The first-order chi connectivity index (χ1) is 13.6. The normalized spacial score (nSPS) is 14.8. The fourth-order valence-corrected chi connectivity index (χ4v) is 3.90. The molecule has 4 N–H and O–H groups in total. The Bertz CT molecular complexity index is 977. The molecule has 2 amide bonds. The highest BCUT2D eigenvalue weighted by Crippen LogP contribution is 2.27. The Morgan fingerprint density at radius 3 is 2.79 bits per heavy atom. The highest BCUT2D eigenvalue weighted by Gasteiger charge is 2.26. The summed E-state index contributed by atoms with van der Waals surface area (Å²) in [6, 6.07) is 1.64. The molecule has 28 heavy (non-hydrogen) atoms. The number of aromatic nitrogens is 4. The van der Waals surface area contributed by atoms with Gasteiger partial charge in [-0.05, 0) is 18.9 Å². The second-order valence-electron chi connectivity index (χ2n) is 6.52. The topological polar surface area (TPSA) is 130 Å². The van der Waals surface area contributed by atoms with Crippen LogP contribution in [0.25, 0.3) is 11.3 Å². The number of amides is 2. The fourth-order valence-electron chi connectivity index (χ4n) is 3.18. The lowest BCUT2D eigenvalue weighted by atomic mass is 9.96. The predicted octanol–water partition coefficient (Wildman–Crippen LogP) is 1.88. The second-order valence-corrected chi connectivity index (χ2v) is 7.38. The molecule has 1 fully saturated rings. The van der Waals surface area contributed by atoms with Crippen LogP contribution in [0.4, 0.5) is 10.9 Å². The zero-order chi connectivity index (χ0) is 19.5. The SMILES string of the molecule is NC(=O)c1cc(-c2csc(NC(=O)C3CCN(c4cnccn4)CC3)n2)c[nH]1. The van der Waals surface area contributed by atoms with Crippen LogP contribution < -0.4 is 16.0 Å². The first-order valence-corrected chi connectivity index (χ1v) is 9.74. The Morgan fingerprint density at radius 1 is 1.29 bits per heavy atom. The number of primary amides is 1. The number of carbonyl (C=O) groups is 2. The van der Waals surface area contributed by atoms with Crippen molar-refractivity contribution in [3.05, 3.63) is 41.9 Å². The fraction of sp³-hybridized carbons (Fsp3) is 0.278. The number of nitrogens with one attached hydrogen (secondary N) is 2. The number of anilines is 2. The molecule has 144 valence electrons. The van der Waals surface area contributed by atoms with Crippen LogP contribution in [0.2, 0.25) is 0 Å². The van der Waals surface area contributed by atoms with Crippen LogP contribution in [0.15, 0.2) is 36.2 Å². The molecule has 0 spiro atoms. The van der Waals surface area contributed by atoms with Gasteiger partial charge < -0.3 is 20.9 Å². The first-order valence-electron chi connectivity index (χ1n) is 8.86. The van der Waals surface area contributed by atoms with Gasteiger partial charge in [-0.2, -0.15) is 0 Å². The van der Waals surface area contributed by atoms with E-state index >= 15 is 0 Å². The molecule has 9 nitrogen and oxygen atoms in total. The predicted molar refractivity (Wildman–Crippen MR) is 106 cm³/mol. The van der Waals surface area contributed by atoms with E-state index in [4.69, 9.17) is 5.73 Å². The van der Waals surface area contributed by atoms with Gasteiger partial charge >= 0.3 is 0 Å². The number of aromatic amines is 1. The minimum absolute atomic E-state index is 0.0217. The van der Waals surface area contributed by atoms with Gasteiger partial charge in [-0.3, -0.25) is 14.6 Å². The lowest BCUT2D eigenvalue weighted by molar-refractivity contribution is -0.120. The van der Waals surface area contributed by atoms with E-state index in [0.717, 1.165) is 37.3 Å². The van der Waals surface area contributed by atoms with Crippen molar-refractivity contribution in [1.82, 2.24) is 19.9 Å². The smallest absolute Gasteiger partial charge is 0.265 e. The van der Waals surface area contributed by atoms with Crippen LogP contribution in [0.1, 0.15) is 23.3 Å². The molecule has 10 heteroatoms. The molecule has 3 aromatic rings. The van der Waals surface area contributed by atoms with Gasteiger partial charge in [0.15, 0.2) is 5.13 Å². The molecule has 0 unspecified atom stereocenters. The van der Waals surface area contributed by atoms with Gasteiger partial charge in [0.2, 0.25) is 5.91 Å². The quantitative estimate of drug-likeness (QED) is 0.603. The molecule has 1 saturated heterocycles. The number of nitrogens with zero attached hydrogens (tertiary/aromatic N) is 4. The van der Waals surface area contributed by atoms with E-state index in [0.29, 0.717) is 16.5 Å².